The van der Waals surface area contributed by atoms with Gasteiger partial charge >= 0.3 is 6.03 Å². The molecule has 5 rings (SSSR count). The number of hydrogen-bond donors (Lipinski definition) is 6. The molecule has 1 aliphatic rings. The van der Waals surface area contributed by atoms with E-state index >= 15 is 0 Å². The van der Waals surface area contributed by atoms with E-state index in [0.29, 0.717) is 37.4 Å². The minimum absolute atomic E-state index is 0.0469. The van der Waals surface area contributed by atoms with Gasteiger partial charge in [-0.1, -0.05) is 104 Å². The van der Waals surface area contributed by atoms with Crippen molar-refractivity contribution in [2.45, 2.75) is 69.7 Å². The summed E-state index contributed by atoms with van der Waals surface area (Å²) in [6.07, 6.45) is 5.58. The van der Waals surface area contributed by atoms with Crippen molar-refractivity contribution in [3.05, 3.63) is 114 Å². The Balaban J connectivity index is 1.34. The van der Waals surface area contributed by atoms with E-state index in [2.05, 4.69) is 26.4 Å². The Morgan fingerprint density at radius 1 is 0.863 bits per heavy atom. The van der Waals surface area contributed by atoms with Crippen molar-refractivity contribution in [1.29, 1.82) is 0 Å². The molecule has 0 unspecified atom stereocenters. The Bertz CT molecular complexity index is 1770. The molecular weight excluding hydrogens is 646 g/mol. The molecule has 2 atom stereocenters. The van der Waals surface area contributed by atoms with E-state index in [-0.39, 0.29) is 18.3 Å². The number of urea groups is 1. The van der Waals surface area contributed by atoms with Crippen molar-refractivity contribution >= 4 is 34.7 Å². The second-order valence-corrected chi connectivity index (χ2v) is 13.2. The van der Waals surface area contributed by atoms with Crippen LogP contribution in [0.5, 0.6) is 0 Å². The Hall–Kier alpha value is -5.33. The number of hydrazine groups is 1. The largest absolute Gasteiger partial charge is 0.370 e. The van der Waals surface area contributed by atoms with Crippen molar-refractivity contribution in [3.8, 4) is 0 Å². The number of aromatic nitrogens is 1. The summed E-state index contributed by atoms with van der Waals surface area (Å²) in [5.41, 5.74) is 8.28. The van der Waals surface area contributed by atoms with E-state index in [1.165, 1.54) is 12.5 Å². The van der Waals surface area contributed by atoms with E-state index in [1.54, 1.807) is 18.2 Å². The first-order valence-electron chi connectivity index (χ1n) is 17.5. The lowest BCUT2D eigenvalue weighted by Gasteiger charge is -2.34. The van der Waals surface area contributed by atoms with Crippen LogP contribution in [-0.4, -0.2) is 63.7 Å². The number of carbonyl (C=O) groups excluding carboxylic acids is 4. The van der Waals surface area contributed by atoms with Crippen LogP contribution in [0.1, 0.15) is 66.6 Å². The molecule has 0 spiro atoms. The normalized spacial score (nSPS) is 15.0. The molecule has 51 heavy (non-hydrogen) atoms. The fourth-order valence-electron chi connectivity index (χ4n) is 6.45. The highest BCUT2D eigenvalue weighted by Gasteiger charge is 2.41. The highest BCUT2D eigenvalue weighted by molar-refractivity contribution is 6.00. The van der Waals surface area contributed by atoms with Crippen molar-refractivity contribution in [1.82, 2.24) is 31.4 Å². The molecule has 4 aromatic rings. The molecule has 1 aliphatic carbocycles. The molecule has 1 aromatic heterocycles. The summed E-state index contributed by atoms with van der Waals surface area (Å²) < 4.78 is 0. The van der Waals surface area contributed by atoms with Crippen LogP contribution in [0.25, 0.3) is 10.9 Å². The number of hydrogen-bond acceptors (Lipinski definition) is 7. The molecule has 7 N–H and O–H groups in total. The van der Waals surface area contributed by atoms with Gasteiger partial charge in [-0.2, -0.15) is 0 Å². The van der Waals surface area contributed by atoms with Crippen LogP contribution < -0.4 is 27.1 Å². The maximum Gasteiger partial charge on any atom is 0.329 e. The Morgan fingerprint density at radius 2 is 1.53 bits per heavy atom. The number of carbonyl (C=O) groups is 4. The number of benzene rings is 3. The number of fused-ring (bicyclic) bond motifs is 1. The highest BCUT2D eigenvalue weighted by Crippen LogP contribution is 2.24. The van der Waals surface area contributed by atoms with Gasteiger partial charge in [-0.25, -0.2) is 14.8 Å². The Morgan fingerprint density at radius 3 is 2.24 bits per heavy atom. The van der Waals surface area contributed by atoms with Gasteiger partial charge in [-0.3, -0.25) is 19.8 Å². The number of nitrogens with zero attached hydrogens (tertiary/aromatic N) is 2. The number of nitrogens with one attached hydrogen (secondary N) is 4. The maximum atomic E-state index is 13.9. The van der Waals surface area contributed by atoms with Gasteiger partial charge in [0.2, 0.25) is 11.6 Å². The van der Waals surface area contributed by atoms with Gasteiger partial charge in [0.25, 0.3) is 11.8 Å². The molecule has 0 aliphatic heterocycles. The third-order valence-electron chi connectivity index (χ3n) is 9.12. The number of amides is 5. The molecule has 0 bridgehead atoms. The van der Waals surface area contributed by atoms with Crippen LogP contribution in [0.2, 0.25) is 0 Å². The van der Waals surface area contributed by atoms with E-state index in [1.807, 2.05) is 77.8 Å². The fourth-order valence-corrected chi connectivity index (χ4v) is 6.45. The molecule has 268 valence electrons. The minimum atomic E-state index is -2.67. The second kappa shape index (κ2) is 18.1. The van der Waals surface area contributed by atoms with Crippen molar-refractivity contribution in [2.24, 2.45) is 11.7 Å². The summed E-state index contributed by atoms with van der Waals surface area (Å²) in [5.74, 6) is -2.49. The molecule has 3 aromatic carbocycles. The molecule has 0 saturated heterocycles. The third kappa shape index (κ3) is 11.3. The maximum absolute atomic E-state index is 13.9. The molecule has 1 heterocycles. The zero-order valence-electron chi connectivity index (χ0n) is 28.7. The summed E-state index contributed by atoms with van der Waals surface area (Å²) in [6, 6.07) is 28.7. The predicted molar refractivity (Wildman–Crippen MR) is 195 cm³/mol. The average Bonchev–Trinajstić information content (AvgIpc) is 3.13. The van der Waals surface area contributed by atoms with Crippen LogP contribution in [0, 0.1) is 5.92 Å². The van der Waals surface area contributed by atoms with Crippen molar-refractivity contribution in [2.75, 3.05) is 13.1 Å². The Kier molecular flexibility index (Phi) is 13.1. The second-order valence-electron chi connectivity index (χ2n) is 13.2. The molecule has 0 radical (unpaired) electrons. The zero-order chi connectivity index (χ0) is 36.1. The molecule has 1 fully saturated rings. The van der Waals surface area contributed by atoms with Gasteiger partial charge in [0.15, 0.2) is 0 Å². The van der Waals surface area contributed by atoms with Crippen LogP contribution in [-0.2, 0) is 22.6 Å². The number of nitrogens with two attached hydrogens (primary N) is 1. The number of pyridine rings is 1. The van der Waals surface area contributed by atoms with Gasteiger partial charge in [-0.05, 0) is 54.9 Å². The van der Waals surface area contributed by atoms with Gasteiger partial charge in [-0.15, -0.1) is 0 Å². The van der Waals surface area contributed by atoms with Gasteiger partial charge in [0.05, 0.1) is 11.9 Å². The van der Waals surface area contributed by atoms with Crippen molar-refractivity contribution in [3.63, 3.8) is 0 Å². The Labute approximate surface area is 298 Å². The number of aryl methyl sites for hydroxylation is 1. The first-order valence-corrected chi connectivity index (χ1v) is 17.5. The average molecular weight is 694 g/mol. The van der Waals surface area contributed by atoms with E-state index < -0.39 is 35.9 Å². The van der Waals surface area contributed by atoms with Crippen molar-refractivity contribution < 1.29 is 24.3 Å². The monoisotopic (exact) mass is 693 g/mol. The summed E-state index contributed by atoms with van der Waals surface area (Å²) >= 11 is 0. The minimum Gasteiger partial charge on any atom is -0.370 e. The fraction of sp³-hybridized carbons (Fsp3) is 0.359. The quantitative estimate of drug-likeness (QED) is 0.0760. The van der Waals surface area contributed by atoms with Crippen LogP contribution >= 0.6 is 0 Å². The molecule has 12 nitrogen and oxygen atoms in total. The first kappa shape index (κ1) is 36.9. The predicted octanol–water partition coefficient (Wildman–Crippen LogP) is 3.94. The number of rotatable bonds is 16. The number of aliphatic hydroxyl groups is 1. The lowest BCUT2D eigenvalue weighted by atomic mass is 9.89. The standard InChI is InChI=1S/C39H47N7O5/c40-35(47)24-39(51,44-36(48)34-23-21-31-18-10-11-19-33(31)43-34)37(49)42-32(22-20-28-12-4-1-5-13-28)27-46(26-30-16-8-3-9-17-30)45-38(50)41-25-29-14-6-2-7-15-29/h1-2,4-7,10-15,18-19,21,23,30,32,51H,3,8-9,16-17,20,22,24-27H2,(H2,40,47)(H,42,49)(H,44,48)(H2,41,45,50)/t32-,39+/m0/s1. The first-order chi connectivity index (χ1) is 24.7. The van der Waals surface area contributed by atoms with Crippen LogP contribution in [0.3, 0.4) is 0 Å². The van der Waals surface area contributed by atoms with Crippen LogP contribution in [0.4, 0.5) is 4.79 Å². The molecule has 5 amide bonds. The van der Waals surface area contributed by atoms with E-state index in [4.69, 9.17) is 5.73 Å². The number of primary amides is 1. The molecule has 12 heteroatoms. The number of para-hydroxylation sites is 1. The lowest BCUT2D eigenvalue weighted by molar-refractivity contribution is -0.148. The summed E-state index contributed by atoms with van der Waals surface area (Å²) in [7, 11) is 0. The van der Waals surface area contributed by atoms with Gasteiger partial charge < -0.3 is 26.8 Å². The SMILES string of the molecule is NC(=O)C[C@](O)(NC(=O)c1ccc2ccccc2n1)C(=O)N[C@@H](CCc1ccccc1)CN(CC1CCCCC1)NC(=O)NCc1ccccc1. The van der Waals surface area contributed by atoms with Gasteiger partial charge in [0, 0.05) is 31.1 Å². The van der Waals surface area contributed by atoms with E-state index in [9.17, 15) is 24.3 Å². The molecule has 1 saturated carbocycles. The summed E-state index contributed by atoms with van der Waals surface area (Å²) in [4.78, 5) is 56.9. The van der Waals surface area contributed by atoms with Gasteiger partial charge in [0.1, 0.15) is 5.69 Å². The zero-order valence-corrected chi connectivity index (χ0v) is 28.7. The summed E-state index contributed by atoms with van der Waals surface area (Å²) in [5, 5.41) is 22.3. The van der Waals surface area contributed by atoms with Crippen LogP contribution in [0.15, 0.2) is 97.1 Å². The molecular formula is C39H47N7O5. The topological polar surface area (TPSA) is 179 Å². The smallest absolute Gasteiger partial charge is 0.329 e. The summed E-state index contributed by atoms with van der Waals surface area (Å²) in [6.45, 7) is 1.09. The van der Waals surface area contributed by atoms with E-state index in [0.717, 1.165) is 42.2 Å². The third-order valence-corrected chi connectivity index (χ3v) is 9.12. The highest BCUT2D eigenvalue weighted by atomic mass is 16.3. The lowest BCUT2D eigenvalue weighted by Crippen LogP contribution is -2.63.